The van der Waals surface area contributed by atoms with Crippen LogP contribution in [0, 0.1) is 11.8 Å². The Morgan fingerprint density at radius 3 is 2.43 bits per heavy atom. The van der Waals surface area contributed by atoms with Crippen LogP contribution in [0.2, 0.25) is 0 Å². The summed E-state index contributed by atoms with van der Waals surface area (Å²) in [4.78, 5) is 14.5. The zero-order valence-electron chi connectivity index (χ0n) is 13.7. The van der Waals surface area contributed by atoms with Gasteiger partial charge in [-0.2, -0.15) is 5.10 Å². The lowest BCUT2D eigenvalue weighted by Gasteiger charge is -2.31. The second kappa shape index (κ2) is 7.90. The number of carbonyl (C=O) groups excluding carboxylic acids is 1. The summed E-state index contributed by atoms with van der Waals surface area (Å²) < 4.78 is 0. The fourth-order valence-corrected chi connectivity index (χ4v) is 3.39. The van der Waals surface area contributed by atoms with Crippen LogP contribution < -0.4 is 10.7 Å². The predicted octanol–water partition coefficient (Wildman–Crippen LogP) is 1.60. The third kappa shape index (κ3) is 4.78. The highest BCUT2D eigenvalue weighted by Gasteiger charge is 2.27. The van der Waals surface area contributed by atoms with Gasteiger partial charge in [0.2, 0.25) is 5.91 Å². The van der Waals surface area contributed by atoms with Gasteiger partial charge in [0, 0.05) is 30.1 Å². The summed E-state index contributed by atoms with van der Waals surface area (Å²) in [6.45, 7) is 4.12. The summed E-state index contributed by atoms with van der Waals surface area (Å²) in [6, 6.07) is 0.632. The molecule has 1 saturated heterocycles. The first-order valence-corrected chi connectivity index (χ1v) is 8.29. The van der Waals surface area contributed by atoms with E-state index in [0.29, 0.717) is 12.0 Å². The number of hydrazone groups is 1. The summed E-state index contributed by atoms with van der Waals surface area (Å²) in [5.74, 6) is 0.723. The first-order valence-electron chi connectivity index (χ1n) is 8.29. The number of hydrogen-bond acceptors (Lipinski definition) is 4. The topological polar surface area (TPSA) is 56.7 Å². The molecule has 1 unspecified atom stereocenters. The molecule has 0 aromatic heterocycles. The fourth-order valence-electron chi connectivity index (χ4n) is 3.39. The van der Waals surface area contributed by atoms with Crippen LogP contribution >= 0.6 is 0 Å². The Kier molecular flexibility index (Phi) is 6.18. The predicted molar refractivity (Wildman–Crippen MR) is 86.3 cm³/mol. The second-order valence-electron chi connectivity index (χ2n) is 6.74. The molecule has 2 rings (SSSR count). The van der Waals surface area contributed by atoms with E-state index in [-0.39, 0.29) is 11.8 Å². The van der Waals surface area contributed by atoms with Crippen molar-refractivity contribution in [2.75, 3.05) is 27.2 Å². The van der Waals surface area contributed by atoms with E-state index in [1.54, 1.807) is 0 Å². The van der Waals surface area contributed by atoms with Crippen LogP contribution in [0.3, 0.4) is 0 Å². The number of piperidine rings is 1. The van der Waals surface area contributed by atoms with Gasteiger partial charge in [-0.15, -0.1) is 0 Å². The first-order chi connectivity index (χ1) is 10.1. The van der Waals surface area contributed by atoms with Crippen molar-refractivity contribution in [1.29, 1.82) is 0 Å². The van der Waals surface area contributed by atoms with Crippen LogP contribution in [-0.4, -0.2) is 49.7 Å². The zero-order chi connectivity index (χ0) is 15.2. The summed E-state index contributed by atoms with van der Waals surface area (Å²) in [5.41, 5.74) is 3.85. The standard InChI is InChI=1S/C16H30N4O/c1-12(14-5-4-10-17-11-14)18-19-16(21)13-6-8-15(9-7-13)20(2)3/h13-15,17H,4-11H2,1-3H3,(H,19,21)/b18-12+. The van der Waals surface area contributed by atoms with E-state index in [9.17, 15) is 4.79 Å². The number of nitrogens with one attached hydrogen (secondary N) is 2. The van der Waals surface area contributed by atoms with Gasteiger partial charge in [-0.25, -0.2) is 5.43 Å². The van der Waals surface area contributed by atoms with Crippen molar-refractivity contribution in [2.45, 2.75) is 51.5 Å². The van der Waals surface area contributed by atoms with Crippen molar-refractivity contribution < 1.29 is 4.79 Å². The molecule has 0 bridgehead atoms. The fraction of sp³-hybridized carbons (Fsp3) is 0.875. The average Bonchev–Trinajstić information content (AvgIpc) is 2.53. The summed E-state index contributed by atoms with van der Waals surface area (Å²) in [5, 5.41) is 7.73. The van der Waals surface area contributed by atoms with E-state index >= 15 is 0 Å². The van der Waals surface area contributed by atoms with Gasteiger partial charge >= 0.3 is 0 Å². The summed E-state index contributed by atoms with van der Waals surface area (Å²) >= 11 is 0. The molecule has 1 aliphatic heterocycles. The van der Waals surface area contributed by atoms with E-state index in [0.717, 1.165) is 44.5 Å². The van der Waals surface area contributed by atoms with Crippen LogP contribution in [0.4, 0.5) is 0 Å². The molecule has 0 aromatic rings. The van der Waals surface area contributed by atoms with E-state index in [1.165, 1.54) is 12.8 Å². The Balaban J connectivity index is 1.76. The van der Waals surface area contributed by atoms with Gasteiger partial charge < -0.3 is 10.2 Å². The number of rotatable bonds is 4. The molecule has 1 heterocycles. The van der Waals surface area contributed by atoms with E-state index in [1.807, 2.05) is 6.92 Å². The van der Waals surface area contributed by atoms with Crippen LogP contribution in [0.1, 0.15) is 45.4 Å². The van der Waals surface area contributed by atoms with Crippen LogP contribution in [-0.2, 0) is 4.79 Å². The molecule has 2 aliphatic rings. The van der Waals surface area contributed by atoms with Gasteiger partial charge in [0.1, 0.15) is 0 Å². The van der Waals surface area contributed by atoms with Gasteiger partial charge in [0.25, 0.3) is 0 Å². The van der Waals surface area contributed by atoms with E-state index in [2.05, 4.69) is 34.8 Å². The lowest BCUT2D eigenvalue weighted by Crippen LogP contribution is -2.38. The molecule has 0 radical (unpaired) electrons. The normalized spacial score (nSPS) is 31.2. The Morgan fingerprint density at radius 2 is 1.86 bits per heavy atom. The van der Waals surface area contributed by atoms with Crippen molar-refractivity contribution in [3.05, 3.63) is 0 Å². The smallest absolute Gasteiger partial charge is 0.243 e. The maximum atomic E-state index is 12.2. The molecule has 2 N–H and O–H groups in total. The Hall–Kier alpha value is -0.940. The van der Waals surface area contributed by atoms with Gasteiger partial charge in [-0.1, -0.05) is 0 Å². The molecular formula is C16H30N4O. The lowest BCUT2D eigenvalue weighted by atomic mass is 9.85. The average molecular weight is 294 g/mol. The van der Waals surface area contributed by atoms with Crippen molar-refractivity contribution in [1.82, 2.24) is 15.6 Å². The second-order valence-corrected chi connectivity index (χ2v) is 6.74. The van der Waals surface area contributed by atoms with Crippen molar-refractivity contribution >= 4 is 11.6 Å². The van der Waals surface area contributed by atoms with Crippen molar-refractivity contribution in [2.24, 2.45) is 16.9 Å². The highest BCUT2D eigenvalue weighted by atomic mass is 16.2. The molecule has 2 fully saturated rings. The van der Waals surface area contributed by atoms with Crippen molar-refractivity contribution in [3.8, 4) is 0 Å². The molecule has 0 spiro atoms. The molecule has 1 atom stereocenters. The Bertz CT molecular complexity index is 366. The highest BCUT2D eigenvalue weighted by molar-refractivity contribution is 5.87. The summed E-state index contributed by atoms with van der Waals surface area (Å²) in [7, 11) is 4.24. The molecule has 5 nitrogen and oxygen atoms in total. The lowest BCUT2D eigenvalue weighted by molar-refractivity contribution is -0.126. The summed E-state index contributed by atoms with van der Waals surface area (Å²) in [6.07, 6.45) is 6.55. The molecule has 1 aliphatic carbocycles. The maximum absolute atomic E-state index is 12.2. The van der Waals surface area contributed by atoms with Gasteiger partial charge in [0.05, 0.1) is 0 Å². The quantitative estimate of drug-likeness (QED) is 0.611. The molecule has 1 amide bonds. The third-order valence-corrected chi connectivity index (χ3v) is 5.03. The van der Waals surface area contributed by atoms with E-state index in [4.69, 9.17) is 0 Å². The molecular weight excluding hydrogens is 264 g/mol. The van der Waals surface area contributed by atoms with Gasteiger partial charge in [-0.05, 0) is 66.1 Å². The van der Waals surface area contributed by atoms with E-state index < -0.39 is 0 Å². The highest BCUT2D eigenvalue weighted by Crippen LogP contribution is 2.26. The number of carbonyl (C=O) groups is 1. The molecule has 120 valence electrons. The zero-order valence-corrected chi connectivity index (χ0v) is 13.7. The molecule has 21 heavy (non-hydrogen) atoms. The SMILES string of the molecule is C/C(=N\NC(=O)C1CCC(N(C)C)CC1)C1CCCNC1. The van der Waals surface area contributed by atoms with Crippen LogP contribution in [0.15, 0.2) is 5.10 Å². The number of nitrogens with zero attached hydrogens (tertiary/aromatic N) is 2. The molecule has 0 aromatic carbocycles. The molecule has 1 saturated carbocycles. The van der Waals surface area contributed by atoms with Gasteiger partial charge in [0.15, 0.2) is 0 Å². The minimum absolute atomic E-state index is 0.107. The minimum atomic E-state index is 0.107. The molecule has 5 heteroatoms. The first kappa shape index (κ1) is 16.4. The third-order valence-electron chi connectivity index (χ3n) is 5.03. The largest absolute Gasteiger partial charge is 0.316 e. The number of amides is 1. The Morgan fingerprint density at radius 1 is 1.14 bits per heavy atom. The van der Waals surface area contributed by atoms with Crippen LogP contribution in [0.5, 0.6) is 0 Å². The van der Waals surface area contributed by atoms with Crippen molar-refractivity contribution in [3.63, 3.8) is 0 Å². The van der Waals surface area contributed by atoms with Gasteiger partial charge in [-0.3, -0.25) is 4.79 Å². The monoisotopic (exact) mass is 294 g/mol. The van der Waals surface area contributed by atoms with Crippen LogP contribution in [0.25, 0.3) is 0 Å². The maximum Gasteiger partial charge on any atom is 0.243 e. The number of hydrogen-bond donors (Lipinski definition) is 2. The Labute approximate surface area is 128 Å². The minimum Gasteiger partial charge on any atom is -0.316 e.